The van der Waals surface area contributed by atoms with Crippen molar-refractivity contribution in [1.29, 1.82) is 0 Å². The van der Waals surface area contributed by atoms with E-state index in [0.29, 0.717) is 0 Å². The van der Waals surface area contributed by atoms with Gasteiger partial charge in [-0.05, 0) is 24.3 Å². The van der Waals surface area contributed by atoms with Gasteiger partial charge in [-0.3, -0.25) is 0 Å². The molecule has 1 rings (SSSR count). The number of aromatic nitrogens is 4. The van der Waals surface area contributed by atoms with Gasteiger partial charge in [-0.25, -0.2) is 0 Å². The largest absolute Gasteiger partial charge is 0.327 e. The van der Waals surface area contributed by atoms with E-state index in [-0.39, 0.29) is 6.04 Å². The summed E-state index contributed by atoms with van der Waals surface area (Å²) in [5.41, 5.74) is 0. The minimum atomic E-state index is -0.634. The summed E-state index contributed by atoms with van der Waals surface area (Å²) in [4.78, 5) is 0. The predicted molar refractivity (Wildman–Crippen MR) is 28.2 cm³/mol. The third kappa shape index (κ3) is 1.04. The van der Waals surface area contributed by atoms with Crippen LogP contribution in [0.3, 0.4) is 0 Å². The molecule has 50 valence electrons. The van der Waals surface area contributed by atoms with Gasteiger partial charge in [-0.15, -0.1) is 0 Å². The van der Waals surface area contributed by atoms with E-state index in [1.807, 2.05) is 0 Å². The highest BCUT2D eigenvalue weighted by Gasteiger charge is 2.05. The second-order valence-corrected chi connectivity index (χ2v) is 1.99. The van der Waals surface area contributed by atoms with Crippen molar-refractivity contribution in [2.75, 3.05) is 0 Å². The summed E-state index contributed by atoms with van der Waals surface area (Å²) in [6.45, 7) is 3.61. The molecule has 0 bridgehead atoms. The van der Waals surface area contributed by atoms with Gasteiger partial charge in [0.25, 0.3) is 0 Å². The van der Waals surface area contributed by atoms with Crippen LogP contribution in [0, 0.1) is 6.08 Å². The van der Waals surface area contributed by atoms with Crippen LogP contribution in [-0.2, 0) is 0 Å². The van der Waals surface area contributed by atoms with E-state index in [9.17, 15) is 4.39 Å². The number of rotatable bonds is 1. The van der Waals surface area contributed by atoms with Gasteiger partial charge < -0.3 is 0 Å². The highest BCUT2D eigenvalue weighted by atomic mass is 19.1. The first kappa shape index (κ1) is 6.12. The SMILES string of the molecule is CC(C)n1nnnc1F. The molecule has 1 aromatic rings. The lowest BCUT2D eigenvalue weighted by Crippen LogP contribution is -2.05. The molecule has 0 amide bonds. The third-order valence-electron chi connectivity index (χ3n) is 0.942. The molecule has 4 nitrogen and oxygen atoms in total. The Morgan fingerprint density at radius 2 is 2.22 bits per heavy atom. The zero-order valence-corrected chi connectivity index (χ0v) is 5.24. The Balaban J connectivity index is 2.94. The van der Waals surface area contributed by atoms with Crippen LogP contribution in [0.2, 0.25) is 0 Å². The molecule has 0 saturated heterocycles. The van der Waals surface area contributed by atoms with E-state index in [2.05, 4.69) is 15.5 Å². The summed E-state index contributed by atoms with van der Waals surface area (Å²) in [6, 6.07) is -0.0139. The number of tetrazole rings is 1. The zero-order chi connectivity index (χ0) is 6.85. The molecule has 0 fully saturated rings. The monoisotopic (exact) mass is 130 g/mol. The van der Waals surface area contributed by atoms with Crippen molar-refractivity contribution in [2.24, 2.45) is 0 Å². The third-order valence-corrected chi connectivity index (χ3v) is 0.942. The molecule has 0 spiro atoms. The molecule has 0 aliphatic heterocycles. The molecule has 0 N–H and O–H groups in total. The van der Waals surface area contributed by atoms with Crippen LogP contribution < -0.4 is 0 Å². The number of halogens is 1. The quantitative estimate of drug-likeness (QED) is 0.552. The average molecular weight is 130 g/mol. The van der Waals surface area contributed by atoms with Gasteiger partial charge in [0.05, 0.1) is 6.04 Å². The fourth-order valence-corrected chi connectivity index (χ4v) is 0.499. The first-order chi connectivity index (χ1) is 4.22. The summed E-state index contributed by atoms with van der Waals surface area (Å²) in [7, 11) is 0. The minimum Gasteiger partial charge on any atom is -0.199 e. The Hall–Kier alpha value is -1.00. The number of nitrogens with zero attached hydrogens (tertiary/aromatic N) is 4. The highest BCUT2D eigenvalue weighted by molar-refractivity contribution is 4.57. The van der Waals surface area contributed by atoms with Gasteiger partial charge in [-0.2, -0.15) is 9.07 Å². The predicted octanol–water partition coefficient (Wildman–Crippen LogP) is 0.393. The molecular weight excluding hydrogens is 123 g/mol. The Labute approximate surface area is 51.7 Å². The van der Waals surface area contributed by atoms with Crippen LogP contribution in [0.4, 0.5) is 4.39 Å². The Kier molecular flexibility index (Phi) is 1.42. The van der Waals surface area contributed by atoms with Crippen LogP contribution in [0.15, 0.2) is 0 Å². The van der Waals surface area contributed by atoms with Gasteiger partial charge in [0.15, 0.2) is 0 Å². The van der Waals surface area contributed by atoms with Crippen LogP contribution in [-0.4, -0.2) is 20.2 Å². The van der Waals surface area contributed by atoms with Crippen LogP contribution in [0.5, 0.6) is 0 Å². The molecule has 9 heavy (non-hydrogen) atoms. The fraction of sp³-hybridized carbons (Fsp3) is 0.750. The van der Waals surface area contributed by atoms with Crippen molar-refractivity contribution >= 4 is 0 Å². The second-order valence-electron chi connectivity index (χ2n) is 1.99. The summed E-state index contributed by atoms with van der Waals surface area (Å²) >= 11 is 0. The van der Waals surface area contributed by atoms with Gasteiger partial charge in [0.2, 0.25) is 0 Å². The Bertz CT molecular complexity index is 194. The van der Waals surface area contributed by atoms with Crippen LogP contribution in [0.1, 0.15) is 19.9 Å². The lowest BCUT2D eigenvalue weighted by molar-refractivity contribution is 0.399. The lowest BCUT2D eigenvalue weighted by Gasteiger charge is -2.00. The molecule has 0 aliphatic rings. The second kappa shape index (κ2) is 2.08. The van der Waals surface area contributed by atoms with Gasteiger partial charge in [-0.1, -0.05) is 5.10 Å². The summed E-state index contributed by atoms with van der Waals surface area (Å²) < 4.78 is 13.4. The molecule has 5 heteroatoms. The maximum atomic E-state index is 12.3. The van der Waals surface area contributed by atoms with E-state index in [1.54, 1.807) is 13.8 Å². The highest BCUT2D eigenvalue weighted by Crippen LogP contribution is 2.00. The van der Waals surface area contributed by atoms with E-state index in [1.165, 1.54) is 0 Å². The first-order valence-electron chi connectivity index (χ1n) is 2.65. The van der Waals surface area contributed by atoms with Crippen molar-refractivity contribution < 1.29 is 4.39 Å². The average Bonchev–Trinajstić information content (AvgIpc) is 2.13. The normalized spacial score (nSPS) is 10.7. The fourth-order valence-electron chi connectivity index (χ4n) is 0.499. The van der Waals surface area contributed by atoms with Crippen LogP contribution >= 0.6 is 0 Å². The maximum absolute atomic E-state index is 12.3. The Morgan fingerprint density at radius 3 is 2.44 bits per heavy atom. The van der Waals surface area contributed by atoms with Gasteiger partial charge >= 0.3 is 6.08 Å². The van der Waals surface area contributed by atoms with Gasteiger partial charge in [0.1, 0.15) is 0 Å². The Morgan fingerprint density at radius 1 is 1.56 bits per heavy atom. The maximum Gasteiger partial charge on any atom is 0.327 e. The number of hydrogen-bond acceptors (Lipinski definition) is 3. The zero-order valence-electron chi connectivity index (χ0n) is 5.24. The summed E-state index contributed by atoms with van der Waals surface area (Å²) in [6.07, 6.45) is -0.634. The molecule has 1 heterocycles. The smallest absolute Gasteiger partial charge is 0.199 e. The molecule has 0 atom stereocenters. The molecular formula is C4H7FN4. The van der Waals surface area contributed by atoms with Crippen LogP contribution in [0.25, 0.3) is 0 Å². The topological polar surface area (TPSA) is 43.6 Å². The van der Waals surface area contributed by atoms with Crippen molar-refractivity contribution in [2.45, 2.75) is 19.9 Å². The summed E-state index contributed by atoms with van der Waals surface area (Å²) in [5.74, 6) is 0. The lowest BCUT2D eigenvalue weighted by atomic mass is 10.4. The molecule has 0 unspecified atom stereocenters. The molecule has 0 aromatic carbocycles. The first-order valence-corrected chi connectivity index (χ1v) is 2.65. The van der Waals surface area contributed by atoms with Crippen molar-refractivity contribution in [3.63, 3.8) is 0 Å². The van der Waals surface area contributed by atoms with E-state index < -0.39 is 6.08 Å². The van der Waals surface area contributed by atoms with E-state index in [4.69, 9.17) is 0 Å². The minimum absolute atomic E-state index is 0.0139. The van der Waals surface area contributed by atoms with Crippen molar-refractivity contribution in [3.05, 3.63) is 6.08 Å². The van der Waals surface area contributed by atoms with E-state index in [0.717, 1.165) is 4.68 Å². The van der Waals surface area contributed by atoms with Gasteiger partial charge in [0, 0.05) is 0 Å². The van der Waals surface area contributed by atoms with Crippen molar-refractivity contribution in [1.82, 2.24) is 20.2 Å². The molecule has 0 radical (unpaired) electrons. The number of hydrogen-bond donors (Lipinski definition) is 0. The molecule has 0 saturated carbocycles. The summed E-state index contributed by atoms with van der Waals surface area (Å²) in [5, 5.41) is 9.60. The standard InChI is InChI=1S/C4H7FN4/c1-3(2)9-4(5)6-7-8-9/h3H,1-2H3. The molecule has 1 aromatic heterocycles. The van der Waals surface area contributed by atoms with E-state index >= 15 is 0 Å². The molecule has 0 aliphatic carbocycles. The van der Waals surface area contributed by atoms with Crippen molar-refractivity contribution in [3.8, 4) is 0 Å².